The van der Waals surface area contributed by atoms with Gasteiger partial charge in [0.2, 0.25) is 10.0 Å². The van der Waals surface area contributed by atoms with Gasteiger partial charge in [-0.2, -0.15) is 4.31 Å². The summed E-state index contributed by atoms with van der Waals surface area (Å²) < 4.78 is 28.4. The van der Waals surface area contributed by atoms with Gasteiger partial charge in [0, 0.05) is 11.0 Å². The van der Waals surface area contributed by atoms with Crippen molar-refractivity contribution in [2.45, 2.75) is 23.8 Å². The third-order valence-corrected chi connectivity index (χ3v) is 6.73. The third kappa shape index (κ3) is 2.66. The molecule has 1 N–H and O–H groups in total. The van der Waals surface area contributed by atoms with E-state index in [1.54, 1.807) is 22.5 Å². The van der Waals surface area contributed by atoms with Gasteiger partial charge in [-0.1, -0.05) is 34.1 Å². The molecule has 5 nitrogen and oxygen atoms in total. The zero-order valence-electron chi connectivity index (χ0n) is 12.8. The largest absolute Gasteiger partial charge is 0.341 e. The third-order valence-electron chi connectivity index (χ3n) is 4.33. The molecule has 0 radical (unpaired) electrons. The molecule has 1 saturated heterocycles. The summed E-state index contributed by atoms with van der Waals surface area (Å²) >= 11 is 3.35. The van der Waals surface area contributed by atoms with Crippen molar-refractivity contribution >= 4 is 37.0 Å². The van der Waals surface area contributed by atoms with Gasteiger partial charge in [0.25, 0.3) is 0 Å². The quantitative estimate of drug-likeness (QED) is 0.719. The molecule has 0 bridgehead atoms. The number of aromatic amines is 1. The van der Waals surface area contributed by atoms with Crippen LogP contribution in [0.25, 0.3) is 11.0 Å². The highest BCUT2D eigenvalue weighted by Crippen LogP contribution is 2.36. The minimum absolute atomic E-state index is 0.249. The van der Waals surface area contributed by atoms with Gasteiger partial charge in [-0.05, 0) is 43.2 Å². The zero-order valence-corrected chi connectivity index (χ0v) is 15.2. The number of rotatable bonds is 3. The van der Waals surface area contributed by atoms with Crippen LogP contribution < -0.4 is 0 Å². The monoisotopic (exact) mass is 405 g/mol. The molecule has 0 saturated carbocycles. The summed E-state index contributed by atoms with van der Waals surface area (Å²) in [6.45, 7) is 0.510. The van der Waals surface area contributed by atoms with Crippen LogP contribution in [0.15, 0.2) is 57.9 Å². The van der Waals surface area contributed by atoms with E-state index in [1.807, 2.05) is 30.3 Å². The fourth-order valence-corrected chi connectivity index (χ4v) is 5.45. The predicted molar refractivity (Wildman–Crippen MR) is 96.1 cm³/mol. The van der Waals surface area contributed by atoms with Crippen molar-refractivity contribution in [2.24, 2.45) is 0 Å². The normalized spacial score (nSPS) is 19.1. The molecule has 1 aliphatic rings. The van der Waals surface area contributed by atoms with E-state index < -0.39 is 10.0 Å². The minimum Gasteiger partial charge on any atom is -0.341 e. The van der Waals surface area contributed by atoms with Crippen molar-refractivity contribution in [1.82, 2.24) is 14.3 Å². The first kappa shape index (κ1) is 15.8. The summed E-state index contributed by atoms with van der Waals surface area (Å²) in [4.78, 5) is 8.18. The lowest BCUT2D eigenvalue weighted by Crippen LogP contribution is -2.31. The molecule has 0 unspecified atom stereocenters. The number of halogens is 1. The predicted octanol–water partition coefficient (Wildman–Crippen LogP) is 3.85. The SMILES string of the molecule is O=S(=O)(c1cccc(Br)c1)N1CCC[C@@H]1c1nc2ccccc2[nH]1. The summed E-state index contributed by atoms with van der Waals surface area (Å²) in [6.07, 6.45) is 1.60. The number of hydrogen-bond acceptors (Lipinski definition) is 3. The molecule has 0 amide bonds. The van der Waals surface area contributed by atoms with E-state index in [1.165, 1.54) is 0 Å². The molecule has 3 aromatic rings. The number of H-pyrrole nitrogens is 1. The number of nitrogens with zero attached hydrogens (tertiary/aromatic N) is 2. The van der Waals surface area contributed by atoms with Crippen LogP contribution in [0.1, 0.15) is 24.7 Å². The number of aromatic nitrogens is 2. The lowest BCUT2D eigenvalue weighted by molar-refractivity contribution is 0.385. The first-order valence-corrected chi connectivity index (χ1v) is 10.0. The molecule has 1 aliphatic heterocycles. The Morgan fingerprint density at radius 2 is 2.00 bits per heavy atom. The van der Waals surface area contributed by atoms with Gasteiger partial charge in [-0.15, -0.1) is 0 Å². The van der Waals surface area contributed by atoms with E-state index in [0.717, 1.165) is 28.3 Å². The summed E-state index contributed by atoms with van der Waals surface area (Å²) in [5.41, 5.74) is 1.79. The van der Waals surface area contributed by atoms with Gasteiger partial charge in [-0.25, -0.2) is 13.4 Å². The molecule has 0 aliphatic carbocycles. The molecule has 2 heterocycles. The van der Waals surface area contributed by atoms with E-state index >= 15 is 0 Å². The van der Waals surface area contributed by atoms with Crippen LogP contribution in [0.4, 0.5) is 0 Å². The number of benzene rings is 2. The van der Waals surface area contributed by atoms with Gasteiger partial charge in [0.1, 0.15) is 5.82 Å². The molecule has 1 atom stereocenters. The first-order chi connectivity index (χ1) is 11.6. The Labute approximate surface area is 148 Å². The maximum atomic E-state index is 13.0. The lowest BCUT2D eigenvalue weighted by Gasteiger charge is -2.22. The van der Waals surface area contributed by atoms with Gasteiger partial charge in [-0.3, -0.25) is 0 Å². The molecular formula is C17H16BrN3O2S. The van der Waals surface area contributed by atoms with Gasteiger partial charge in [0.15, 0.2) is 0 Å². The fraction of sp³-hybridized carbons (Fsp3) is 0.235. The highest BCUT2D eigenvalue weighted by Gasteiger charge is 2.37. The van der Waals surface area contributed by atoms with Crippen molar-refractivity contribution in [1.29, 1.82) is 0 Å². The van der Waals surface area contributed by atoms with E-state index in [2.05, 4.69) is 25.9 Å². The van der Waals surface area contributed by atoms with Crippen molar-refractivity contribution in [3.8, 4) is 0 Å². The van der Waals surface area contributed by atoms with Crippen LogP contribution in [0.3, 0.4) is 0 Å². The van der Waals surface area contributed by atoms with E-state index in [4.69, 9.17) is 0 Å². The number of imidazole rings is 1. The summed E-state index contributed by atoms with van der Waals surface area (Å²) in [7, 11) is -3.55. The Balaban J connectivity index is 1.74. The van der Waals surface area contributed by atoms with Crippen LogP contribution in [0.2, 0.25) is 0 Å². The standard InChI is InChI=1S/C17H16BrN3O2S/c18-12-5-3-6-13(11-12)24(22,23)21-10-4-9-16(21)17-19-14-7-1-2-8-15(14)20-17/h1-3,5-8,11,16H,4,9-10H2,(H,19,20)/t16-/m1/s1. The van der Waals surface area contributed by atoms with E-state index in [0.29, 0.717) is 17.3 Å². The average molecular weight is 406 g/mol. The van der Waals surface area contributed by atoms with Gasteiger partial charge in [0.05, 0.1) is 22.0 Å². The molecule has 1 fully saturated rings. The summed E-state index contributed by atoms with van der Waals surface area (Å²) in [6, 6.07) is 14.3. The number of nitrogens with one attached hydrogen (secondary N) is 1. The highest BCUT2D eigenvalue weighted by molar-refractivity contribution is 9.10. The molecule has 2 aromatic carbocycles. The Morgan fingerprint density at radius 1 is 1.17 bits per heavy atom. The smallest absolute Gasteiger partial charge is 0.243 e. The van der Waals surface area contributed by atoms with Crippen LogP contribution >= 0.6 is 15.9 Å². The van der Waals surface area contributed by atoms with Gasteiger partial charge < -0.3 is 4.98 Å². The van der Waals surface area contributed by atoms with Crippen LogP contribution in [-0.4, -0.2) is 29.2 Å². The number of hydrogen-bond donors (Lipinski definition) is 1. The van der Waals surface area contributed by atoms with Crippen LogP contribution in [-0.2, 0) is 10.0 Å². The molecule has 7 heteroatoms. The van der Waals surface area contributed by atoms with Crippen LogP contribution in [0.5, 0.6) is 0 Å². The Kier molecular flexibility index (Phi) is 3.94. The molecule has 1 aromatic heterocycles. The fourth-order valence-electron chi connectivity index (χ4n) is 3.19. The second-order valence-electron chi connectivity index (χ2n) is 5.87. The highest BCUT2D eigenvalue weighted by atomic mass is 79.9. The van der Waals surface area contributed by atoms with Crippen molar-refractivity contribution in [2.75, 3.05) is 6.54 Å². The molecule has 0 spiro atoms. The Morgan fingerprint density at radius 3 is 2.79 bits per heavy atom. The van der Waals surface area contributed by atoms with E-state index in [9.17, 15) is 8.42 Å². The Hall–Kier alpha value is -1.70. The zero-order chi connectivity index (χ0) is 16.7. The second kappa shape index (κ2) is 5.98. The van der Waals surface area contributed by atoms with Crippen molar-refractivity contribution in [3.05, 3.63) is 58.8 Å². The summed E-state index contributed by atoms with van der Waals surface area (Å²) in [5.74, 6) is 0.715. The van der Waals surface area contributed by atoms with Crippen molar-refractivity contribution in [3.63, 3.8) is 0 Å². The maximum absolute atomic E-state index is 13.0. The second-order valence-corrected chi connectivity index (χ2v) is 8.68. The number of fused-ring (bicyclic) bond motifs is 1. The minimum atomic E-state index is -3.55. The van der Waals surface area contributed by atoms with Crippen molar-refractivity contribution < 1.29 is 8.42 Å². The average Bonchev–Trinajstić information content (AvgIpc) is 3.21. The van der Waals surface area contributed by atoms with Crippen LogP contribution in [0, 0.1) is 0 Å². The first-order valence-electron chi connectivity index (χ1n) is 7.78. The summed E-state index contributed by atoms with van der Waals surface area (Å²) in [5, 5.41) is 0. The Bertz CT molecular complexity index is 967. The van der Waals surface area contributed by atoms with E-state index in [-0.39, 0.29) is 6.04 Å². The molecule has 4 rings (SSSR count). The number of sulfonamides is 1. The number of para-hydroxylation sites is 2. The maximum Gasteiger partial charge on any atom is 0.243 e. The molecule has 124 valence electrons. The molecular weight excluding hydrogens is 390 g/mol. The molecule has 24 heavy (non-hydrogen) atoms. The topological polar surface area (TPSA) is 66.1 Å². The lowest BCUT2D eigenvalue weighted by atomic mass is 10.2. The van der Waals surface area contributed by atoms with Gasteiger partial charge >= 0.3 is 0 Å².